The minimum atomic E-state index is -0.736. The highest BCUT2D eigenvalue weighted by atomic mass is 16.5. The molecule has 1 aromatic rings. The van der Waals surface area contributed by atoms with Crippen LogP contribution in [0, 0.1) is 0 Å². The lowest BCUT2D eigenvalue weighted by atomic mass is 10.4. The number of nitrogens with one attached hydrogen (secondary N) is 4. The van der Waals surface area contributed by atoms with Crippen molar-refractivity contribution in [1.82, 2.24) is 9.97 Å². The van der Waals surface area contributed by atoms with Gasteiger partial charge in [0.15, 0.2) is 0 Å². The molecule has 0 aliphatic rings. The third kappa shape index (κ3) is 3.48. The number of aromatic amines is 2. The fourth-order valence-electron chi connectivity index (χ4n) is 1.10. The predicted octanol–water partition coefficient (Wildman–Crippen LogP) is -1.78. The molecule has 9 nitrogen and oxygen atoms in total. The summed E-state index contributed by atoms with van der Waals surface area (Å²) >= 11 is 0. The second-order valence-electron chi connectivity index (χ2n) is 2.81. The molecule has 9 heteroatoms. The van der Waals surface area contributed by atoms with Gasteiger partial charge in [0.05, 0.1) is 6.54 Å². The molecular formula is C8H10N4O5. The lowest BCUT2D eigenvalue weighted by Gasteiger charge is -2.08. The van der Waals surface area contributed by atoms with Crippen molar-refractivity contribution in [2.45, 2.75) is 0 Å². The van der Waals surface area contributed by atoms with Crippen molar-refractivity contribution in [3.05, 3.63) is 20.8 Å². The molecule has 0 aromatic carbocycles. The van der Waals surface area contributed by atoms with Crippen LogP contribution < -0.4 is 21.9 Å². The Morgan fingerprint density at radius 1 is 1.24 bits per heavy atom. The Morgan fingerprint density at radius 2 is 2.00 bits per heavy atom. The number of carbonyl (C=O) groups is 2. The molecule has 1 amide bonds. The molecule has 1 rings (SSSR count). The molecule has 0 saturated carbocycles. The van der Waals surface area contributed by atoms with Gasteiger partial charge in [-0.2, -0.15) is 0 Å². The number of H-pyrrole nitrogens is 2. The number of hydrogen-bond donors (Lipinski definition) is 4. The van der Waals surface area contributed by atoms with Crippen LogP contribution in [0.25, 0.3) is 0 Å². The number of ether oxygens (including phenoxy) is 1. The SMILES string of the molecule is O=CNc1c(NCCOC=O)[nH]c(=O)[nH]c1=O. The summed E-state index contributed by atoms with van der Waals surface area (Å²) in [5.74, 6) is 0.0420. The first-order valence-electron chi connectivity index (χ1n) is 4.55. The maximum atomic E-state index is 11.3. The van der Waals surface area contributed by atoms with Crippen LogP contribution >= 0.6 is 0 Å². The van der Waals surface area contributed by atoms with Gasteiger partial charge in [-0.1, -0.05) is 0 Å². The molecule has 4 N–H and O–H groups in total. The Balaban J connectivity index is 2.87. The summed E-state index contributed by atoms with van der Waals surface area (Å²) in [7, 11) is 0. The van der Waals surface area contributed by atoms with E-state index in [2.05, 4.69) is 20.4 Å². The predicted molar refractivity (Wildman–Crippen MR) is 57.9 cm³/mol. The summed E-state index contributed by atoms with van der Waals surface area (Å²) in [6.07, 6.45) is 0.302. The largest absolute Gasteiger partial charge is 0.466 e. The van der Waals surface area contributed by atoms with E-state index >= 15 is 0 Å². The maximum Gasteiger partial charge on any atom is 0.327 e. The molecular weight excluding hydrogens is 232 g/mol. The Morgan fingerprint density at radius 3 is 2.65 bits per heavy atom. The molecule has 0 spiro atoms. The van der Waals surface area contributed by atoms with E-state index in [1.165, 1.54) is 0 Å². The topological polar surface area (TPSA) is 133 Å². The van der Waals surface area contributed by atoms with Crippen LogP contribution in [0.4, 0.5) is 11.5 Å². The molecule has 0 bridgehead atoms. The van der Waals surface area contributed by atoms with Gasteiger partial charge in [-0.3, -0.25) is 24.4 Å². The molecule has 0 atom stereocenters. The highest BCUT2D eigenvalue weighted by Gasteiger charge is 2.07. The van der Waals surface area contributed by atoms with Crippen molar-refractivity contribution in [2.75, 3.05) is 23.8 Å². The highest BCUT2D eigenvalue weighted by molar-refractivity contribution is 5.77. The van der Waals surface area contributed by atoms with E-state index in [4.69, 9.17) is 0 Å². The van der Waals surface area contributed by atoms with Crippen molar-refractivity contribution < 1.29 is 14.3 Å². The smallest absolute Gasteiger partial charge is 0.327 e. The van der Waals surface area contributed by atoms with E-state index in [-0.39, 0.29) is 31.1 Å². The first-order chi connectivity index (χ1) is 8.19. The summed E-state index contributed by atoms with van der Waals surface area (Å²) in [4.78, 5) is 46.7. The summed E-state index contributed by atoms with van der Waals surface area (Å²) in [5.41, 5.74) is -1.57. The summed E-state index contributed by atoms with van der Waals surface area (Å²) < 4.78 is 4.40. The molecule has 0 aliphatic heterocycles. The molecule has 0 saturated heterocycles. The first-order valence-corrected chi connectivity index (χ1v) is 4.55. The molecule has 0 aliphatic carbocycles. The normalized spacial score (nSPS) is 9.41. The van der Waals surface area contributed by atoms with E-state index in [9.17, 15) is 19.2 Å². The minimum absolute atomic E-state index is 0.0420. The standard InChI is InChI=1S/C8H10N4O5/c13-3-10-5-6(9-1-2-17-4-14)11-8(16)12-7(5)15/h3-4H,1-2H2,(H,10,13)(H3,9,11,12,15,16). The van der Waals surface area contributed by atoms with E-state index in [1.807, 2.05) is 4.98 Å². The lowest BCUT2D eigenvalue weighted by molar-refractivity contribution is -0.128. The van der Waals surface area contributed by atoms with Crippen LogP contribution in [-0.4, -0.2) is 36.0 Å². The fourth-order valence-corrected chi connectivity index (χ4v) is 1.10. The van der Waals surface area contributed by atoms with Crippen molar-refractivity contribution >= 4 is 24.4 Å². The van der Waals surface area contributed by atoms with Gasteiger partial charge in [0, 0.05) is 0 Å². The number of hydrogen-bond acceptors (Lipinski definition) is 6. The number of anilines is 2. The average Bonchev–Trinajstić information content (AvgIpc) is 2.29. The van der Waals surface area contributed by atoms with Gasteiger partial charge in [0.1, 0.15) is 18.1 Å². The van der Waals surface area contributed by atoms with Crippen molar-refractivity contribution in [3.8, 4) is 0 Å². The third-order valence-electron chi connectivity index (χ3n) is 1.74. The second-order valence-corrected chi connectivity index (χ2v) is 2.81. The van der Waals surface area contributed by atoms with E-state index in [0.717, 1.165) is 0 Å². The Hall–Kier alpha value is -2.58. The first kappa shape index (κ1) is 12.5. The van der Waals surface area contributed by atoms with Crippen molar-refractivity contribution in [2.24, 2.45) is 0 Å². The van der Waals surface area contributed by atoms with Crippen LogP contribution in [0.2, 0.25) is 0 Å². The molecule has 1 heterocycles. The van der Waals surface area contributed by atoms with Gasteiger partial charge >= 0.3 is 5.69 Å². The number of aromatic nitrogens is 2. The Kier molecular flexibility index (Phi) is 4.48. The van der Waals surface area contributed by atoms with Crippen LogP contribution in [0.15, 0.2) is 9.59 Å². The van der Waals surface area contributed by atoms with Gasteiger partial charge in [-0.25, -0.2) is 4.79 Å². The highest BCUT2D eigenvalue weighted by Crippen LogP contribution is 2.08. The lowest BCUT2D eigenvalue weighted by Crippen LogP contribution is -2.27. The summed E-state index contributed by atoms with van der Waals surface area (Å²) in [6, 6.07) is 0. The van der Waals surface area contributed by atoms with Gasteiger partial charge in [0.25, 0.3) is 12.0 Å². The zero-order valence-electron chi connectivity index (χ0n) is 8.61. The average molecular weight is 242 g/mol. The molecule has 0 unspecified atom stereocenters. The molecule has 0 fully saturated rings. The zero-order valence-corrected chi connectivity index (χ0v) is 8.61. The van der Waals surface area contributed by atoms with Gasteiger partial charge in [-0.05, 0) is 0 Å². The molecule has 92 valence electrons. The summed E-state index contributed by atoms with van der Waals surface area (Å²) in [6.45, 7) is 0.497. The minimum Gasteiger partial charge on any atom is -0.466 e. The zero-order chi connectivity index (χ0) is 12.7. The van der Waals surface area contributed by atoms with E-state index in [1.54, 1.807) is 0 Å². The van der Waals surface area contributed by atoms with E-state index < -0.39 is 11.2 Å². The van der Waals surface area contributed by atoms with E-state index in [0.29, 0.717) is 6.41 Å². The Bertz CT molecular complexity index is 505. The maximum absolute atomic E-state index is 11.3. The molecule has 0 radical (unpaired) electrons. The number of carbonyl (C=O) groups excluding carboxylic acids is 2. The van der Waals surface area contributed by atoms with Crippen LogP contribution in [0.1, 0.15) is 0 Å². The van der Waals surface area contributed by atoms with Crippen LogP contribution in [0.5, 0.6) is 0 Å². The van der Waals surface area contributed by atoms with Crippen molar-refractivity contribution in [3.63, 3.8) is 0 Å². The van der Waals surface area contributed by atoms with Gasteiger partial charge in [0.2, 0.25) is 6.41 Å². The third-order valence-corrected chi connectivity index (χ3v) is 1.74. The van der Waals surface area contributed by atoms with Crippen LogP contribution in [0.3, 0.4) is 0 Å². The number of amides is 1. The summed E-state index contributed by atoms with van der Waals surface area (Å²) in [5, 5.41) is 4.78. The second kappa shape index (κ2) is 6.10. The molecule has 17 heavy (non-hydrogen) atoms. The Labute approximate surface area is 94.2 Å². The number of rotatable bonds is 7. The van der Waals surface area contributed by atoms with Gasteiger partial charge < -0.3 is 15.4 Å². The molecule has 1 aromatic heterocycles. The fraction of sp³-hybridized carbons (Fsp3) is 0.250. The van der Waals surface area contributed by atoms with Crippen molar-refractivity contribution in [1.29, 1.82) is 0 Å². The quantitative estimate of drug-likeness (QED) is 0.330. The van der Waals surface area contributed by atoms with Crippen LogP contribution in [-0.2, 0) is 14.3 Å². The van der Waals surface area contributed by atoms with Gasteiger partial charge in [-0.15, -0.1) is 0 Å². The monoisotopic (exact) mass is 242 g/mol.